The van der Waals surface area contributed by atoms with Crippen molar-refractivity contribution < 1.29 is 36.3 Å². The van der Waals surface area contributed by atoms with E-state index in [9.17, 15) is 9.13 Å². The zero-order valence-corrected chi connectivity index (χ0v) is 23.8. The van der Waals surface area contributed by atoms with Crippen LogP contribution in [-0.4, -0.2) is 10.6 Å². The molecule has 1 aromatic heterocycles. The Balaban J connectivity index is 1.35. The van der Waals surface area contributed by atoms with Gasteiger partial charge in [-0.2, -0.15) is 4.57 Å². The van der Waals surface area contributed by atoms with E-state index in [1.165, 1.54) is 18.3 Å². The van der Waals surface area contributed by atoms with Crippen LogP contribution in [0.4, 0.5) is 0 Å². The lowest BCUT2D eigenvalue weighted by Crippen LogP contribution is -2.27. The third kappa shape index (κ3) is 8.12. The van der Waals surface area contributed by atoms with E-state index in [0.717, 1.165) is 0 Å². The van der Waals surface area contributed by atoms with Gasteiger partial charge in [-0.3, -0.25) is 4.52 Å². The number of rotatable bonds is 12. The molecule has 0 aliphatic heterocycles. The van der Waals surface area contributed by atoms with Crippen LogP contribution in [0.2, 0.25) is 0 Å². The molecule has 0 fully saturated rings. The number of phosphoric ester groups is 2. The molecule has 1 aliphatic rings. The summed E-state index contributed by atoms with van der Waals surface area (Å²) < 4.78 is 61.8. The molecule has 2 atom stereocenters. The number of para-hydroxylation sites is 3. The molecule has 2 unspecified atom stereocenters. The van der Waals surface area contributed by atoms with Gasteiger partial charge in [-0.1, -0.05) is 78.9 Å². The van der Waals surface area contributed by atoms with Gasteiger partial charge >= 0.3 is 15.6 Å². The standard InChI is InChI=1S/C30H27NO8P2/c1-30(22-12-5-13-23-30)39-41(33,36-27-18-10-4-11-19-27)38-29-21-20-28(24-31-29)37-40(32,34-25-14-6-2-7-15-25)35-26-16-8-3-9-17-26/h2-22,24H,23H2,1H3. The fraction of sp³-hybridized carbons (Fsp3) is 0.100. The maximum absolute atomic E-state index is 13.9. The van der Waals surface area contributed by atoms with Gasteiger partial charge in [0.25, 0.3) is 0 Å². The zero-order chi connectivity index (χ0) is 28.6. The van der Waals surface area contributed by atoms with Crippen molar-refractivity contribution in [2.75, 3.05) is 0 Å². The van der Waals surface area contributed by atoms with Gasteiger partial charge in [-0.25, -0.2) is 9.55 Å². The second-order valence-electron chi connectivity index (χ2n) is 9.02. The highest BCUT2D eigenvalue weighted by atomic mass is 31.2. The van der Waals surface area contributed by atoms with Crippen LogP contribution in [0, 0.1) is 0 Å². The molecule has 0 spiro atoms. The van der Waals surface area contributed by atoms with Crippen LogP contribution < -0.4 is 22.6 Å². The van der Waals surface area contributed by atoms with E-state index in [4.69, 9.17) is 27.1 Å². The Labute approximate surface area is 238 Å². The van der Waals surface area contributed by atoms with Crippen LogP contribution in [0.3, 0.4) is 0 Å². The molecule has 9 nitrogen and oxygen atoms in total. The van der Waals surface area contributed by atoms with Crippen molar-refractivity contribution in [1.29, 1.82) is 0 Å². The van der Waals surface area contributed by atoms with Crippen LogP contribution in [0.25, 0.3) is 0 Å². The molecule has 3 aromatic carbocycles. The smallest absolute Gasteiger partial charge is 0.395 e. The maximum atomic E-state index is 13.9. The summed E-state index contributed by atoms with van der Waals surface area (Å²) in [7, 11) is -8.46. The van der Waals surface area contributed by atoms with Gasteiger partial charge in [0, 0.05) is 6.07 Å². The Bertz CT molecular complexity index is 1540. The summed E-state index contributed by atoms with van der Waals surface area (Å²) in [5, 5.41) is 0. The van der Waals surface area contributed by atoms with Crippen LogP contribution in [-0.2, 0) is 13.7 Å². The van der Waals surface area contributed by atoms with Crippen molar-refractivity contribution in [3.8, 4) is 28.9 Å². The summed E-state index contributed by atoms with van der Waals surface area (Å²) in [6.07, 6.45) is 9.05. The number of hydrogen-bond acceptors (Lipinski definition) is 9. The van der Waals surface area contributed by atoms with E-state index in [1.54, 1.807) is 110 Å². The van der Waals surface area contributed by atoms with Gasteiger partial charge in [0.15, 0.2) is 5.75 Å². The normalized spacial score (nSPS) is 17.7. The number of pyridine rings is 1. The first-order valence-electron chi connectivity index (χ1n) is 12.6. The number of benzene rings is 3. The van der Waals surface area contributed by atoms with Crippen LogP contribution in [0.5, 0.6) is 28.9 Å². The molecule has 210 valence electrons. The molecule has 11 heteroatoms. The third-order valence-corrected chi connectivity index (χ3v) is 8.34. The molecule has 1 aliphatic carbocycles. The Morgan fingerprint density at radius 1 is 0.610 bits per heavy atom. The fourth-order valence-corrected chi connectivity index (χ4v) is 6.41. The zero-order valence-electron chi connectivity index (χ0n) is 22.0. The SMILES string of the molecule is CC1(OP(=O)(Oc2ccccc2)Oc2ccc(OP(=O)(Oc3ccccc3)Oc3ccccc3)cn2)C=CC=CC1. The summed E-state index contributed by atoms with van der Waals surface area (Å²) in [6, 6.07) is 28.4. The van der Waals surface area contributed by atoms with Crippen molar-refractivity contribution in [2.45, 2.75) is 18.9 Å². The predicted octanol–water partition coefficient (Wildman–Crippen LogP) is 8.58. The second kappa shape index (κ2) is 12.5. The van der Waals surface area contributed by atoms with E-state index >= 15 is 0 Å². The Hall–Kier alpha value is -4.29. The molecule has 0 amide bonds. The predicted molar refractivity (Wildman–Crippen MR) is 154 cm³/mol. The maximum Gasteiger partial charge on any atom is 0.647 e. The van der Waals surface area contributed by atoms with Gasteiger partial charge in [0.1, 0.15) is 22.8 Å². The summed E-state index contributed by atoms with van der Waals surface area (Å²) in [5.41, 5.74) is -0.932. The average Bonchev–Trinajstić information content (AvgIpc) is 2.95. The Kier molecular flexibility index (Phi) is 8.60. The first-order valence-corrected chi connectivity index (χ1v) is 15.6. The molecular weight excluding hydrogens is 564 g/mol. The average molecular weight is 591 g/mol. The lowest BCUT2D eigenvalue weighted by molar-refractivity contribution is 0.0968. The monoisotopic (exact) mass is 591 g/mol. The van der Waals surface area contributed by atoms with E-state index in [2.05, 4.69) is 4.98 Å². The van der Waals surface area contributed by atoms with Crippen LogP contribution >= 0.6 is 15.6 Å². The second-order valence-corrected chi connectivity index (χ2v) is 11.9. The van der Waals surface area contributed by atoms with Crippen LogP contribution in [0.15, 0.2) is 134 Å². The highest BCUT2D eigenvalue weighted by molar-refractivity contribution is 7.50. The molecular formula is C30H27NO8P2. The molecule has 0 bridgehead atoms. The van der Waals surface area contributed by atoms with Crippen molar-refractivity contribution in [2.24, 2.45) is 0 Å². The molecule has 0 saturated carbocycles. The summed E-state index contributed by atoms with van der Waals surface area (Å²) in [6.45, 7) is 1.78. The molecule has 4 aromatic rings. The topological polar surface area (TPSA) is 102 Å². The van der Waals surface area contributed by atoms with Gasteiger partial charge in [0.05, 0.1) is 6.20 Å². The first kappa shape index (κ1) is 28.2. The summed E-state index contributed by atoms with van der Waals surface area (Å²) in [4.78, 5) is 4.18. The number of phosphoric acid groups is 2. The highest BCUT2D eigenvalue weighted by Crippen LogP contribution is 2.54. The minimum absolute atomic E-state index is 0.0552. The van der Waals surface area contributed by atoms with Gasteiger partial charge in [-0.15, -0.1) is 0 Å². The van der Waals surface area contributed by atoms with Gasteiger partial charge in [0.2, 0.25) is 5.88 Å². The fourth-order valence-electron chi connectivity index (χ4n) is 3.69. The Morgan fingerprint density at radius 3 is 1.59 bits per heavy atom. The van der Waals surface area contributed by atoms with Crippen molar-refractivity contribution in [3.63, 3.8) is 0 Å². The number of aromatic nitrogens is 1. The van der Waals surface area contributed by atoms with E-state index in [-0.39, 0.29) is 23.1 Å². The van der Waals surface area contributed by atoms with Gasteiger partial charge in [-0.05, 0) is 55.8 Å². The molecule has 0 saturated heterocycles. The first-order chi connectivity index (χ1) is 19.8. The minimum atomic E-state index is -4.24. The van der Waals surface area contributed by atoms with E-state index in [0.29, 0.717) is 12.2 Å². The molecule has 1 heterocycles. The van der Waals surface area contributed by atoms with Crippen molar-refractivity contribution in [1.82, 2.24) is 4.98 Å². The number of hydrogen-bond donors (Lipinski definition) is 0. The lowest BCUT2D eigenvalue weighted by atomic mass is 9.98. The quantitative estimate of drug-likeness (QED) is 0.150. The van der Waals surface area contributed by atoms with E-state index in [1.807, 2.05) is 12.2 Å². The number of allylic oxidation sites excluding steroid dienone is 2. The van der Waals surface area contributed by atoms with Crippen molar-refractivity contribution >= 4 is 15.6 Å². The lowest BCUT2D eigenvalue weighted by Gasteiger charge is -2.30. The molecule has 0 radical (unpaired) electrons. The highest BCUT2D eigenvalue weighted by Gasteiger charge is 2.40. The van der Waals surface area contributed by atoms with Gasteiger partial charge < -0.3 is 22.6 Å². The summed E-state index contributed by atoms with van der Waals surface area (Å²) in [5.74, 6) is 0.858. The molecule has 5 rings (SSSR count). The minimum Gasteiger partial charge on any atom is -0.395 e. The third-order valence-electron chi connectivity index (χ3n) is 5.55. The number of nitrogens with zero attached hydrogens (tertiary/aromatic N) is 1. The van der Waals surface area contributed by atoms with E-state index < -0.39 is 21.2 Å². The largest absolute Gasteiger partial charge is 0.647 e. The Morgan fingerprint density at radius 2 is 1.12 bits per heavy atom. The molecule has 41 heavy (non-hydrogen) atoms. The van der Waals surface area contributed by atoms with Crippen molar-refractivity contribution in [3.05, 3.63) is 134 Å². The van der Waals surface area contributed by atoms with Crippen LogP contribution in [0.1, 0.15) is 13.3 Å². The summed E-state index contributed by atoms with van der Waals surface area (Å²) >= 11 is 0. The molecule has 0 N–H and O–H groups in total.